The van der Waals surface area contributed by atoms with Crippen LogP contribution in [0.3, 0.4) is 0 Å². The molecule has 2 aromatic rings. The molecule has 0 aliphatic heterocycles. The van der Waals surface area contributed by atoms with Gasteiger partial charge in [0, 0.05) is 19.2 Å². The molecular formula is C16H23ClN2O3. The zero-order chi connectivity index (χ0) is 15.1. The fourth-order valence-corrected chi connectivity index (χ4v) is 1.99. The first-order chi connectivity index (χ1) is 10.2. The minimum absolute atomic E-state index is 0. The van der Waals surface area contributed by atoms with E-state index in [2.05, 4.69) is 17.4 Å². The van der Waals surface area contributed by atoms with Crippen molar-refractivity contribution in [3.05, 3.63) is 41.3 Å². The fourth-order valence-electron chi connectivity index (χ4n) is 1.99. The van der Waals surface area contributed by atoms with E-state index in [-0.39, 0.29) is 12.4 Å². The maximum absolute atomic E-state index is 5.71. The highest BCUT2D eigenvalue weighted by Crippen LogP contribution is 2.28. The lowest BCUT2D eigenvalue weighted by Crippen LogP contribution is -2.13. The molecule has 0 fully saturated rings. The van der Waals surface area contributed by atoms with Crippen LogP contribution in [-0.4, -0.2) is 18.9 Å². The molecule has 0 aliphatic rings. The summed E-state index contributed by atoms with van der Waals surface area (Å²) in [6.45, 7) is 6.06. The van der Waals surface area contributed by atoms with E-state index in [1.165, 1.54) is 0 Å². The van der Waals surface area contributed by atoms with Gasteiger partial charge in [0.1, 0.15) is 5.76 Å². The summed E-state index contributed by atoms with van der Waals surface area (Å²) >= 11 is 0. The Morgan fingerprint density at radius 1 is 1.18 bits per heavy atom. The van der Waals surface area contributed by atoms with Crippen LogP contribution in [0.15, 0.2) is 28.8 Å². The number of ether oxygens (including phenoxy) is 2. The van der Waals surface area contributed by atoms with E-state index < -0.39 is 0 Å². The van der Waals surface area contributed by atoms with Gasteiger partial charge in [0.05, 0.1) is 19.4 Å². The number of hydrogen-bond donors (Lipinski definition) is 1. The number of aromatic nitrogens is 1. The Balaban J connectivity index is 0.00000242. The van der Waals surface area contributed by atoms with Crippen molar-refractivity contribution in [2.24, 2.45) is 0 Å². The molecule has 0 unspecified atom stereocenters. The zero-order valence-electron chi connectivity index (χ0n) is 13.2. The van der Waals surface area contributed by atoms with Crippen molar-refractivity contribution in [3.63, 3.8) is 0 Å². The van der Waals surface area contributed by atoms with Crippen LogP contribution in [0.4, 0.5) is 0 Å². The molecule has 1 aromatic carbocycles. The van der Waals surface area contributed by atoms with Crippen LogP contribution in [-0.2, 0) is 13.1 Å². The van der Waals surface area contributed by atoms with Crippen molar-refractivity contribution < 1.29 is 14.0 Å². The molecular weight excluding hydrogens is 304 g/mol. The topological polar surface area (TPSA) is 56.5 Å². The van der Waals surface area contributed by atoms with E-state index in [9.17, 15) is 0 Å². The summed E-state index contributed by atoms with van der Waals surface area (Å²) in [6, 6.07) is 7.90. The van der Waals surface area contributed by atoms with Crippen molar-refractivity contribution in [1.82, 2.24) is 10.5 Å². The lowest BCUT2D eigenvalue weighted by atomic mass is 10.2. The Morgan fingerprint density at radius 2 is 2.00 bits per heavy atom. The number of benzene rings is 1. The SMILES string of the molecule is CCCOc1cc(CNCc2cc(C)on2)ccc1OC.Cl. The largest absolute Gasteiger partial charge is 0.493 e. The first-order valence-electron chi connectivity index (χ1n) is 7.15. The second-order valence-electron chi connectivity index (χ2n) is 4.87. The normalized spacial score (nSPS) is 10.1. The molecule has 1 heterocycles. The molecule has 0 radical (unpaired) electrons. The highest BCUT2D eigenvalue weighted by atomic mass is 35.5. The number of hydrogen-bond acceptors (Lipinski definition) is 5. The first-order valence-corrected chi connectivity index (χ1v) is 7.15. The van der Waals surface area contributed by atoms with Gasteiger partial charge in [0.15, 0.2) is 11.5 Å². The third-order valence-corrected chi connectivity index (χ3v) is 3.00. The van der Waals surface area contributed by atoms with Crippen LogP contribution in [0, 0.1) is 6.92 Å². The Bertz CT molecular complexity index is 572. The summed E-state index contributed by atoms with van der Waals surface area (Å²) in [6.07, 6.45) is 0.969. The van der Waals surface area contributed by atoms with Crippen molar-refractivity contribution >= 4 is 12.4 Å². The zero-order valence-corrected chi connectivity index (χ0v) is 14.0. The number of rotatable bonds is 8. The molecule has 0 saturated carbocycles. The number of halogens is 1. The molecule has 0 aliphatic carbocycles. The second kappa shape index (κ2) is 9.33. The third kappa shape index (κ3) is 5.24. The smallest absolute Gasteiger partial charge is 0.161 e. The number of methoxy groups -OCH3 is 1. The Labute approximate surface area is 137 Å². The van der Waals surface area contributed by atoms with E-state index in [1.54, 1.807) is 7.11 Å². The quantitative estimate of drug-likeness (QED) is 0.804. The summed E-state index contributed by atoms with van der Waals surface area (Å²) in [5, 5.41) is 7.28. The van der Waals surface area contributed by atoms with Gasteiger partial charge in [0.2, 0.25) is 0 Å². The van der Waals surface area contributed by atoms with Crippen LogP contribution < -0.4 is 14.8 Å². The van der Waals surface area contributed by atoms with E-state index in [0.717, 1.165) is 41.5 Å². The van der Waals surface area contributed by atoms with Crippen LogP contribution in [0.1, 0.15) is 30.4 Å². The molecule has 1 N–H and O–H groups in total. The molecule has 122 valence electrons. The first kappa shape index (κ1) is 18.3. The summed E-state index contributed by atoms with van der Waals surface area (Å²) in [5.41, 5.74) is 2.05. The minimum Gasteiger partial charge on any atom is -0.493 e. The molecule has 1 aromatic heterocycles. The van der Waals surface area contributed by atoms with Crippen molar-refractivity contribution in [1.29, 1.82) is 0 Å². The van der Waals surface area contributed by atoms with Crippen molar-refractivity contribution in [2.75, 3.05) is 13.7 Å². The number of nitrogens with one attached hydrogen (secondary N) is 1. The molecule has 0 spiro atoms. The van der Waals surface area contributed by atoms with Crippen LogP contribution >= 0.6 is 12.4 Å². The van der Waals surface area contributed by atoms with Crippen LogP contribution in [0.2, 0.25) is 0 Å². The number of aryl methyl sites for hydroxylation is 1. The lowest BCUT2D eigenvalue weighted by Gasteiger charge is -2.12. The van der Waals surface area contributed by atoms with Crippen molar-refractivity contribution in [2.45, 2.75) is 33.4 Å². The summed E-state index contributed by atoms with van der Waals surface area (Å²) in [5.74, 6) is 2.38. The third-order valence-electron chi connectivity index (χ3n) is 3.00. The Morgan fingerprint density at radius 3 is 2.64 bits per heavy atom. The molecule has 0 saturated heterocycles. The van der Waals surface area contributed by atoms with Gasteiger partial charge < -0.3 is 19.3 Å². The van der Waals surface area contributed by atoms with Gasteiger partial charge in [0.25, 0.3) is 0 Å². The van der Waals surface area contributed by atoms with Gasteiger partial charge in [-0.2, -0.15) is 0 Å². The summed E-state index contributed by atoms with van der Waals surface area (Å²) in [4.78, 5) is 0. The van der Waals surface area contributed by atoms with Gasteiger partial charge in [-0.15, -0.1) is 12.4 Å². The molecule has 0 atom stereocenters. The molecule has 6 heteroatoms. The second-order valence-corrected chi connectivity index (χ2v) is 4.87. The predicted molar refractivity (Wildman–Crippen MR) is 87.8 cm³/mol. The molecule has 2 rings (SSSR count). The summed E-state index contributed by atoms with van der Waals surface area (Å²) < 4.78 is 16.0. The average Bonchev–Trinajstić information content (AvgIpc) is 2.91. The monoisotopic (exact) mass is 326 g/mol. The minimum atomic E-state index is 0. The lowest BCUT2D eigenvalue weighted by molar-refractivity contribution is 0.294. The highest BCUT2D eigenvalue weighted by molar-refractivity contribution is 5.85. The maximum atomic E-state index is 5.71. The van der Waals surface area contributed by atoms with Crippen LogP contribution in [0.25, 0.3) is 0 Å². The molecule has 0 bridgehead atoms. The predicted octanol–water partition coefficient (Wildman–Crippen LogP) is 3.49. The highest BCUT2D eigenvalue weighted by Gasteiger charge is 2.06. The molecule has 5 nitrogen and oxygen atoms in total. The van der Waals surface area contributed by atoms with Gasteiger partial charge >= 0.3 is 0 Å². The molecule has 0 amide bonds. The Hall–Kier alpha value is -1.72. The van der Waals surface area contributed by atoms with Gasteiger partial charge in [-0.1, -0.05) is 18.1 Å². The van der Waals surface area contributed by atoms with Crippen LogP contribution in [0.5, 0.6) is 11.5 Å². The van der Waals surface area contributed by atoms with Gasteiger partial charge in [-0.05, 0) is 31.0 Å². The fraction of sp³-hybridized carbons (Fsp3) is 0.438. The van der Waals surface area contributed by atoms with E-state index in [1.807, 2.05) is 31.2 Å². The van der Waals surface area contributed by atoms with Gasteiger partial charge in [-0.3, -0.25) is 0 Å². The summed E-state index contributed by atoms with van der Waals surface area (Å²) in [7, 11) is 1.65. The number of nitrogens with zero attached hydrogens (tertiary/aromatic N) is 1. The Kier molecular flexibility index (Phi) is 7.77. The van der Waals surface area contributed by atoms with E-state index >= 15 is 0 Å². The van der Waals surface area contributed by atoms with Gasteiger partial charge in [-0.25, -0.2) is 0 Å². The average molecular weight is 327 g/mol. The standard InChI is InChI=1S/C16H22N2O3.ClH/c1-4-7-20-16-9-13(5-6-15(16)19-3)10-17-11-14-8-12(2)21-18-14;/h5-6,8-9,17H,4,7,10-11H2,1-3H3;1H. The van der Waals surface area contributed by atoms with E-state index in [0.29, 0.717) is 13.2 Å². The van der Waals surface area contributed by atoms with E-state index in [4.69, 9.17) is 14.0 Å². The maximum Gasteiger partial charge on any atom is 0.161 e. The van der Waals surface area contributed by atoms with Crippen molar-refractivity contribution in [3.8, 4) is 11.5 Å². The molecule has 22 heavy (non-hydrogen) atoms.